The fraction of sp³-hybridized carbons (Fsp3) is 0.0741. The molecule has 5 aromatic rings. The van der Waals surface area contributed by atoms with Crippen LogP contribution in [0.25, 0.3) is 33.9 Å². The maximum absolute atomic E-state index is 13.1. The quantitative estimate of drug-likeness (QED) is 0.375. The zero-order valence-corrected chi connectivity index (χ0v) is 18.9. The Hall–Kier alpha value is -4.92. The molecule has 1 amide bonds. The van der Waals surface area contributed by atoms with E-state index in [1.807, 2.05) is 24.3 Å². The van der Waals surface area contributed by atoms with Crippen LogP contribution in [-0.4, -0.2) is 37.4 Å². The molecule has 0 bridgehead atoms. The van der Waals surface area contributed by atoms with Gasteiger partial charge >= 0.3 is 6.01 Å². The fourth-order valence-electron chi connectivity index (χ4n) is 4.02. The highest BCUT2D eigenvalue weighted by atomic mass is 19.1. The molecule has 2 N–H and O–H groups in total. The van der Waals surface area contributed by atoms with E-state index in [0.29, 0.717) is 29.4 Å². The largest absolute Gasteiger partial charge is 0.424 e. The summed E-state index contributed by atoms with van der Waals surface area (Å²) >= 11 is 0. The summed E-state index contributed by atoms with van der Waals surface area (Å²) in [4.78, 5) is 33.0. The van der Waals surface area contributed by atoms with E-state index in [1.54, 1.807) is 42.9 Å². The molecule has 9 heteroatoms. The monoisotopic (exact) mass is 478 g/mol. The van der Waals surface area contributed by atoms with E-state index >= 15 is 0 Å². The van der Waals surface area contributed by atoms with Gasteiger partial charge in [0.05, 0.1) is 17.0 Å². The number of halogens is 1. The van der Waals surface area contributed by atoms with Crippen molar-refractivity contribution in [2.24, 2.45) is 0 Å². The van der Waals surface area contributed by atoms with Gasteiger partial charge in [-0.1, -0.05) is 12.1 Å². The number of aromatic nitrogens is 5. The second kappa shape index (κ2) is 9.03. The Labute approximate surface area is 205 Å². The third-order valence-corrected chi connectivity index (χ3v) is 5.86. The van der Waals surface area contributed by atoms with Gasteiger partial charge in [0.1, 0.15) is 11.6 Å². The van der Waals surface area contributed by atoms with Crippen molar-refractivity contribution in [3.8, 4) is 45.7 Å². The molecule has 0 atom stereocenters. The standard InChI is InChI=1S/C27H19FN6O2/c28-19-5-1-16(2-6-19)18-14-31-27(32-15-18)36-20-7-3-17(4-8-20)25-29-11-10-23(34-25)24-13-21-22(33-24)9-12-30-26(21)35/h1-8,10-11,13-15,33H,9,12H2,(H,30,35). The molecule has 1 aliphatic rings. The Kier molecular flexibility index (Phi) is 5.42. The van der Waals surface area contributed by atoms with E-state index in [1.165, 1.54) is 12.1 Å². The van der Waals surface area contributed by atoms with E-state index in [9.17, 15) is 9.18 Å². The number of nitrogens with one attached hydrogen (secondary N) is 2. The summed E-state index contributed by atoms with van der Waals surface area (Å²) in [6.45, 7) is 0.624. The molecule has 0 radical (unpaired) electrons. The number of amides is 1. The van der Waals surface area contributed by atoms with Crippen LogP contribution in [0.1, 0.15) is 16.1 Å². The minimum absolute atomic E-state index is 0.0716. The molecular formula is C27H19FN6O2. The maximum atomic E-state index is 13.1. The van der Waals surface area contributed by atoms with E-state index in [4.69, 9.17) is 4.74 Å². The molecule has 36 heavy (non-hydrogen) atoms. The number of ether oxygens (including phenoxy) is 1. The van der Waals surface area contributed by atoms with Crippen molar-refractivity contribution in [2.75, 3.05) is 6.54 Å². The molecule has 0 fully saturated rings. The van der Waals surface area contributed by atoms with Crippen LogP contribution in [0, 0.1) is 5.82 Å². The lowest BCUT2D eigenvalue weighted by atomic mass is 10.1. The summed E-state index contributed by atoms with van der Waals surface area (Å²) in [6, 6.07) is 17.3. The zero-order chi connectivity index (χ0) is 24.5. The Balaban J connectivity index is 1.18. The highest BCUT2D eigenvalue weighted by Crippen LogP contribution is 2.27. The molecule has 6 rings (SSSR count). The van der Waals surface area contributed by atoms with Crippen LogP contribution in [0.15, 0.2) is 79.3 Å². The molecule has 0 saturated heterocycles. The number of H-pyrrole nitrogens is 1. The minimum atomic E-state index is -0.294. The average Bonchev–Trinajstić information content (AvgIpc) is 3.36. The Bertz CT molecular complexity index is 1550. The lowest BCUT2D eigenvalue weighted by molar-refractivity contribution is 0.0946. The molecule has 0 unspecified atom stereocenters. The van der Waals surface area contributed by atoms with Gasteiger partial charge in [-0.25, -0.2) is 24.3 Å². The van der Waals surface area contributed by atoms with Crippen molar-refractivity contribution in [3.63, 3.8) is 0 Å². The third kappa shape index (κ3) is 4.29. The molecule has 2 aromatic carbocycles. The number of carbonyl (C=O) groups excluding carboxylic acids is 1. The topological polar surface area (TPSA) is 106 Å². The van der Waals surface area contributed by atoms with Crippen LogP contribution in [0.4, 0.5) is 4.39 Å². The van der Waals surface area contributed by atoms with E-state index in [2.05, 4.69) is 30.2 Å². The van der Waals surface area contributed by atoms with E-state index in [0.717, 1.165) is 34.5 Å². The van der Waals surface area contributed by atoms with Crippen LogP contribution in [0.2, 0.25) is 0 Å². The highest BCUT2D eigenvalue weighted by Gasteiger charge is 2.20. The Morgan fingerprint density at radius 1 is 0.861 bits per heavy atom. The maximum Gasteiger partial charge on any atom is 0.321 e. The first-order chi connectivity index (χ1) is 17.6. The van der Waals surface area contributed by atoms with Gasteiger partial charge in [0.25, 0.3) is 5.91 Å². The number of carbonyl (C=O) groups is 1. The smallest absolute Gasteiger partial charge is 0.321 e. The minimum Gasteiger partial charge on any atom is -0.424 e. The molecule has 8 nitrogen and oxygen atoms in total. The number of benzene rings is 2. The second-order valence-electron chi connectivity index (χ2n) is 8.23. The molecule has 4 heterocycles. The van der Waals surface area contributed by atoms with Crippen LogP contribution >= 0.6 is 0 Å². The fourth-order valence-corrected chi connectivity index (χ4v) is 4.02. The molecule has 0 aliphatic carbocycles. The van der Waals surface area contributed by atoms with Crippen molar-refractivity contribution in [1.82, 2.24) is 30.2 Å². The van der Waals surface area contributed by atoms with E-state index < -0.39 is 0 Å². The normalized spacial score (nSPS) is 12.6. The Morgan fingerprint density at radius 2 is 1.61 bits per heavy atom. The molecule has 0 spiro atoms. The van der Waals surface area contributed by atoms with Gasteiger partial charge in [0, 0.05) is 48.4 Å². The average molecular weight is 478 g/mol. The van der Waals surface area contributed by atoms with Crippen molar-refractivity contribution >= 4 is 5.91 Å². The third-order valence-electron chi connectivity index (χ3n) is 5.86. The lowest BCUT2D eigenvalue weighted by Crippen LogP contribution is -2.31. The number of aromatic amines is 1. The summed E-state index contributed by atoms with van der Waals surface area (Å²) in [5.74, 6) is 0.749. The Morgan fingerprint density at radius 3 is 2.36 bits per heavy atom. The molecule has 0 saturated carbocycles. The van der Waals surface area contributed by atoms with Crippen molar-refractivity contribution in [2.45, 2.75) is 6.42 Å². The van der Waals surface area contributed by atoms with Gasteiger partial charge in [-0.3, -0.25) is 4.79 Å². The van der Waals surface area contributed by atoms with Gasteiger partial charge in [0.2, 0.25) is 0 Å². The predicted molar refractivity (Wildman–Crippen MR) is 131 cm³/mol. The predicted octanol–water partition coefficient (Wildman–Crippen LogP) is 4.81. The van der Waals surface area contributed by atoms with Gasteiger partial charge in [-0.05, 0) is 54.1 Å². The molecule has 1 aliphatic heterocycles. The molecule has 3 aromatic heterocycles. The van der Waals surface area contributed by atoms with Crippen LogP contribution in [0.5, 0.6) is 11.8 Å². The number of nitrogens with zero attached hydrogens (tertiary/aromatic N) is 4. The van der Waals surface area contributed by atoms with Crippen LogP contribution in [-0.2, 0) is 6.42 Å². The SMILES string of the molecule is O=C1NCCc2[nH]c(-c3ccnc(-c4ccc(Oc5ncc(-c6ccc(F)cc6)cn5)cc4)n3)cc21. The first-order valence-electron chi connectivity index (χ1n) is 11.3. The van der Waals surface area contributed by atoms with Crippen LogP contribution < -0.4 is 10.1 Å². The van der Waals surface area contributed by atoms with Gasteiger partial charge in [0.15, 0.2) is 5.82 Å². The second-order valence-corrected chi connectivity index (χ2v) is 8.23. The number of hydrogen-bond acceptors (Lipinski definition) is 6. The summed E-state index contributed by atoms with van der Waals surface area (Å²) in [5.41, 5.74) is 5.45. The van der Waals surface area contributed by atoms with Crippen molar-refractivity contribution in [3.05, 3.63) is 96.3 Å². The van der Waals surface area contributed by atoms with Crippen LogP contribution in [0.3, 0.4) is 0 Å². The molecule has 176 valence electrons. The number of fused-ring (bicyclic) bond motifs is 1. The summed E-state index contributed by atoms with van der Waals surface area (Å²) < 4.78 is 18.9. The van der Waals surface area contributed by atoms with E-state index in [-0.39, 0.29) is 17.7 Å². The summed E-state index contributed by atoms with van der Waals surface area (Å²) in [7, 11) is 0. The lowest BCUT2D eigenvalue weighted by Gasteiger charge is -2.10. The zero-order valence-electron chi connectivity index (χ0n) is 18.9. The van der Waals surface area contributed by atoms with Crippen molar-refractivity contribution in [1.29, 1.82) is 0 Å². The van der Waals surface area contributed by atoms with Crippen molar-refractivity contribution < 1.29 is 13.9 Å². The number of hydrogen-bond donors (Lipinski definition) is 2. The van der Waals surface area contributed by atoms with Gasteiger partial charge < -0.3 is 15.0 Å². The first-order valence-corrected chi connectivity index (χ1v) is 11.3. The molecular weight excluding hydrogens is 459 g/mol. The first kappa shape index (κ1) is 21.6. The van der Waals surface area contributed by atoms with Gasteiger partial charge in [-0.2, -0.15) is 0 Å². The highest BCUT2D eigenvalue weighted by molar-refractivity contribution is 5.97. The summed E-state index contributed by atoms with van der Waals surface area (Å²) in [6.07, 6.45) is 5.72. The van der Waals surface area contributed by atoms with Gasteiger partial charge in [-0.15, -0.1) is 0 Å². The summed E-state index contributed by atoms with van der Waals surface area (Å²) in [5, 5.41) is 2.85. The number of rotatable bonds is 5.